The van der Waals surface area contributed by atoms with Crippen LogP contribution in [0.15, 0.2) is 0 Å². The van der Waals surface area contributed by atoms with Gasteiger partial charge in [-0.2, -0.15) is 0 Å². The maximum absolute atomic E-state index is 12.2. The molecule has 4 nitrogen and oxygen atoms in total. The summed E-state index contributed by atoms with van der Waals surface area (Å²) >= 11 is 0. The molecule has 0 bridgehead atoms. The summed E-state index contributed by atoms with van der Waals surface area (Å²) in [7, 11) is 0. The van der Waals surface area contributed by atoms with Crippen LogP contribution in [0.4, 0.5) is 0 Å². The Kier molecular flexibility index (Phi) is 3.50. The Morgan fingerprint density at radius 3 is 2.62 bits per heavy atom. The molecule has 0 spiro atoms. The van der Waals surface area contributed by atoms with Gasteiger partial charge in [-0.15, -0.1) is 0 Å². The Morgan fingerprint density at radius 2 is 2.06 bits per heavy atom. The first-order valence-corrected chi connectivity index (χ1v) is 6.27. The van der Waals surface area contributed by atoms with Gasteiger partial charge in [0.15, 0.2) is 0 Å². The van der Waals surface area contributed by atoms with E-state index in [9.17, 15) is 9.90 Å². The largest absolute Gasteiger partial charge is 0.391 e. The molecule has 0 aliphatic carbocycles. The van der Waals surface area contributed by atoms with Crippen LogP contribution >= 0.6 is 0 Å². The molecule has 2 heterocycles. The van der Waals surface area contributed by atoms with Crippen molar-refractivity contribution in [2.45, 2.75) is 26.4 Å². The molecular weight excluding hydrogens is 204 g/mol. The van der Waals surface area contributed by atoms with Crippen LogP contribution in [0, 0.1) is 17.8 Å². The number of likely N-dealkylation sites (tertiary alicyclic amines) is 1. The molecule has 1 amide bonds. The Labute approximate surface area is 97.0 Å². The minimum Gasteiger partial charge on any atom is -0.391 e. The van der Waals surface area contributed by atoms with Crippen molar-refractivity contribution < 1.29 is 9.90 Å². The van der Waals surface area contributed by atoms with Crippen molar-refractivity contribution in [3.8, 4) is 0 Å². The second kappa shape index (κ2) is 4.72. The number of carbonyl (C=O) groups excluding carboxylic acids is 1. The summed E-state index contributed by atoms with van der Waals surface area (Å²) in [6.45, 7) is 7.21. The molecule has 16 heavy (non-hydrogen) atoms. The number of piperidine rings is 1. The van der Waals surface area contributed by atoms with Crippen molar-refractivity contribution in [1.29, 1.82) is 0 Å². The molecule has 0 aromatic rings. The van der Waals surface area contributed by atoms with E-state index in [1.165, 1.54) is 0 Å². The van der Waals surface area contributed by atoms with Gasteiger partial charge in [-0.25, -0.2) is 0 Å². The Morgan fingerprint density at radius 1 is 1.31 bits per heavy atom. The lowest BCUT2D eigenvalue weighted by Crippen LogP contribution is -2.48. The summed E-state index contributed by atoms with van der Waals surface area (Å²) < 4.78 is 0. The average molecular weight is 226 g/mol. The van der Waals surface area contributed by atoms with Gasteiger partial charge in [-0.1, -0.05) is 13.8 Å². The maximum Gasteiger partial charge on any atom is 0.227 e. The maximum atomic E-state index is 12.2. The first-order valence-electron chi connectivity index (χ1n) is 6.27. The highest BCUT2D eigenvalue weighted by atomic mass is 16.3. The van der Waals surface area contributed by atoms with Crippen molar-refractivity contribution >= 4 is 5.91 Å². The number of hydrogen-bond donors (Lipinski definition) is 2. The van der Waals surface area contributed by atoms with Crippen molar-refractivity contribution in [2.24, 2.45) is 17.8 Å². The summed E-state index contributed by atoms with van der Waals surface area (Å²) in [5.41, 5.74) is 0. The van der Waals surface area contributed by atoms with E-state index < -0.39 is 0 Å². The fourth-order valence-corrected chi connectivity index (χ4v) is 2.62. The fourth-order valence-electron chi connectivity index (χ4n) is 2.62. The van der Waals surface area contributed by atoms with E-state index in [1.54, 1.807) is 0 Å². The van der Waals surface area contributed by atoms with Crippen LogP contribution in [0.2, 0.25) is 0 Å². The number of nitrogens with zero attached hydrogens (tertiary/aromatic N) is 1. The van der Waals surface area contributed by atoms with Gasteiger partial charge < -0.3 is 15.3 Å². The molecule has 2 rings (SSSR count). The van der Waals surface area contributed by atoms with E-state index >= 15 is 0 Å². The SMILES string of the molecule is CC1CCN(C(=O)[C@@H]2CNC[C@H]2C)CC1O. The summed E-state index contributed by atoms with van der Waals surface area (Å²) in [6.07, 6.45) is 0.573. The molecule has 0 saturated carbocycles. The summed E-state index contributed by atoms with van der Waals surface area (Å²) in [6, 6.07) is 0. The minimum atomic E-state index is -0.345. The Hall–Kier alpha value is -0.610. The highest BCUT2D eigenvalue weighted by molar-refractivity contribution is 5.80. The molecular formula is C12H22N2O2. The number of nitrogens with one attached hydrogen (secondary N) is 1. The zero-order valence-corrected chi connectivity index (χ0v) is 10.1. The molecule has 2 unspecified atom stereocenters. The van der Waals surface area contributed by atoms with Crippen LogP contribution in [0.5, 0.6) is 0 Å². The number of carbonyl (C=O) groups is 1. The molecule has 2 aliphatic heterocycles. The molecule has 2 saturated heterocycles. The molecule has 4 heteroatoms. The van der Waals surface area contributed by atoms with Crippen LogP contribution in [-0.4, -0.2) is 48.2 Å². The van der Waals surface area contributed by atoms with Crippen LogP contribution in [0.3, 0.4) is 0 Å². The third kappa shape index (κ3) is 2.23. The van der Waals surface area contributed by atoms with Gasteiger partial charge in [0.05, 0.1) is 12.0 Å². The van der Waals surface area contributed by atoms with Crippen molar-refractivity contribution in [3.05, 3.63) is 0 Å². The molecule has 4 atom stereocenters. The van der Waals surface area contributed by atoms with Gasteiger partial charge in [0, 0.05) is 19.6 Å². The van der Waals surface area contributed by atoms with Crippen LogP contribution in [-0.2, 0) is 4.79 Å². The van der Waals surface area contributed by atoms with Gasteiger partial charge in [0.25, 0.3) is 0 Å². The number of aliphatic hydroxyl groups is 1. The van der Waals surface area contributed by atoms with Crippen molar-refractivity contribution in [3.63, 3.8) is 0 Å². The van der Waals surface area contributed by atoms with Gasteiger partial charge in [-0.05, 0) is 24.8 Å². The first kappa shape index (κ1) is 11.9. The van der Waals surface area contributed by atoms with E-state index in [0.717, 1.165) is 26.1 Å². The normalized spacial score (nSPS) is 40.1. The number of hydrogen-bond acceptors (Lipinski definition) is 3. The number of rotatable bonds is 1. The molecule has 2 aliphatic rings. The zero-order chi connectivity index (χ0) is 11.7. The van der Waals surface area contributed by atoms with Crippen LogP contribution in [0.1, 0.15) is 20.3 Å². The quantitative estimate of drug-likeness (QED) is 0.665. The minimum absolute atomic E-state index is 0.112. The van der Waals surface area contributed by atoms with E-state index in [2.05, 4.69) is 12.2 Å². The summed E-state index contributed by atoms with van der Waals surface area (Å²) in [4.78, 5) is 14.1. The lowest BCUT2D eigenvalue weighted by Gasteiger charge is -2.36. The molecule has 0 aromatic carbocycles. The molecule has 2 N–H and O–H groups in total. The molecule has 0 radical (unpaired) electrons. The third-order valence-corrected chi connectivity index (χ3v) is 4.06. The highest BCUT2D eigenvalue weighted by Gasteiger charge is 2.35. The predicted molar refractivity (Wildman–Crippen MR) is 61.9 cm³/mol. The van der Waals surface area contributed by atoms with Crippen molar-refractivity contribution in [1.82, 2.24) is 10.2 Å². The van der Waals surface area contributed by atoms with Crippen LogP contribution < -0.4 is 5.32 Å². The molecule has 2 fully saturated rings. The number of β-amino-alcohol motifs (C(OH)–C–C–N with tert-alkyl or cyclic N) is 1. The number of aliphatic hydroxyl groups excluding tert-OH is 1. The topological polar surface area (TPSA) is 52.6 Å². The van der Waals surface area contributed by atoms with Gasteiger partial charge in [0.1, 0.15) is 0 Å². The highest BCUT2D eigenvalue weighted by Crippen LogP contribution is 2.23. The second-order valence-electron chi connectivity index (χ2n) is 5.36. The molecule has 0 aromatic heterocycles. The second-order valence-corrected chi connectivity index (χ2v) is 5.36. The fraction of sp³-hybridized carbons (Fsp3) is 0.917. The first-order chi connectivity index (χ1) is 7.59. The van der Waals surface area contributed by atoms with Crippen molar-refractivity contribution in [2.75, 3.05) is 26.2 Å². The lowest BCUT2D eigenvalue weighted by atomic mass is 9.92. The standard InChI is InChI=1S/C12H22N2O2/c1-8-3-4-14(7-11(8)15)12(16)10-6-13-5-9(10)2/h8-11,13,15H,3-7H2,1-2H3/t8?,9-,10-,11?/m1/s1. The van der Waals surface area contributed by atoms with Gasteiger partial charge in [0.2, 0.25) is 5.91 Å². The number of amides is 1. The zero-order valence-electron chi connectivity index (χ0n) is 10.1. The van der Waals surface area contributed by atoms with E-state index in [4.69, 9.17) is 0 Å². The Balaban J connectivity index is 1.95. The smallest absolute Gasteiger partial charge is 0.227 e. The van der Waals surface area contributed by atoms with Gasteiger partial charge >= 0.3 is 0 Å². The predicted octanol–water partition coefficient (Wildman–Crippen LogP) is 0.0712. The third-order valence-electron chi connectivity index (χ3n) is 4.06. The Bertz CT molecular complexity index is 270. The monoisotopic (exact) mass is 226 g/mol. The summed E-state index contributed by atoms with van der Waals surface area (Å²) in [5.74, 6) is 1.08. The van der Waals surface area contributed by atoms with E-state index in [0.29, 0.717) is 18.4 Å². The average Bonchev–Trinajstić information content (AvgIpc) is 2.67. The van der Waals surface area contributed by atoms with Crippen LogP contribution in [0.25, 0.3) is 0 Å². The van der Waals surface area contributed by atoms with E-state index in [-0.39, 0.29) is 17.9 Å². The lowest BCUT2D eigenvalue weighted by molar-refractivity contribution is -0.140. The van der Waals surface area contributed by atoms with E-state index in [1.807, 2.05) is 11.8 Å². The molecule has 92 valence electrons. The van der Waals surface area contributed by atoms with Gasteiger partial charge in [-0.3, -0.25) is 4.79 Å². The summed E-state index contributed by atoms with van der Waals surface area (Å²) in [5, 5.41) is 13.0.